The van der Waals surface area contributed by atoms with Gasteiger partial charge in [-0.15, -0.1) is 0 Å². The molecule has 0 aromatic rings. The number of hydrogen-bond donors (Lipinski definition) is 0. The zero-order valence-electron chi connectivity index (χ0n) is 9.25. The Bertz CT molecular complexity index is 146. The van der Waals surface area contributed by atoms with E-state index in [4.69, 9.17) is 0 Å². The van der Waals surface area contributed by atoms with Crippen molar-refractivity contribution < 1.29 is 8.78 Å². The molecule has 0 aliphatic heterocycles. The van der Waals surface area contributed by atoms with Crippen molar-refractivity contribution in [3.05, 3.63) is 0 Å². The Morgan fingerprint density at radius 1 is 1.07 bits per heavy atom. The second-order valence-electron chi connectivity index (χ2n) is 3.97. The van der Waals surface area contributed by atoms with Gasteiger partial charge in [-0.25, -0.2) is 0 Å². The first-order valence-electron chi connectivity index (χ1n) is 5.66. The van der Waals surface area contributed by atoms with Crippen LogP contribution in [-0.2, 0) is 0 Å². The van der Waals surface area contributed by atoms with Gasteiger partial charge in [-0.1, -0.05) is 61.4 Å². The molecule has 0 N–H and O–H groups in total. The monoisotopic (exact) mass is 348 g/mol. The van der Waals surface area contributed by atoms with E-state index in [2.05, 4.69) is 38.8 Å². The van der Waals surface area contributed by atoms with Crippen molar-refractivity contribution in [3.8, 4) is 0 Å². The van der Waals surface area contributed by atoms with Crippen LogP contribution in [0.1, 0.15) is 58.3 Å². The molecule has 0 aromatic carbocycles. The van der Waals surface area contributed by atoms with Gasteiger partial charge in [-0.2, -0.15) is 8.78 Å². The maximum atomic E-state index is 12.5. The fraction of sp³-hybridized carbons (Fsp3) is 1.00. The van der Waals surface area contributed by atoms with E-state index in [1.165, 1.54) is 25.7 Å². The van der Waals surface area contributed by atoms with Gasteiger partial charge in [0.2, 0.25) is 0 Å². The lowest BCUT2D eigenvalue weighted by Crippen LogP contribution is -2.12. The zero-order chi connectivity index (χ0) is 11.7. The number of halogens is 4. The molecule has 0 aliphatic carbocycles. The summed E-state index contributed by atoms with van der Waals surface area (Å²) in [4.78, 5) is -2.79. The number of hydrogen-bond acceptors (Lipinski definition) is 0. The molecule has 0 heterocycles. The summed E-state index contributed by atoms with van der Waals surface area (Å²) in [6.07, 6.45) is 7.97. The first kappa shape index (κ1) is 15.8. The van der Waals surface area contributed by atoms with E-state index in [1.54, 1.807) is 0 Å². The molecular formula is C11H20Br2F2. The molecule has 0 rings (SSSR count). The molecule has 0 saturated carbocycles. The Labute approximate surface area is 108 Å². The van der Waals surface area contributed by atoms with Crippen molar-refractivity contribution in [1.82, 2.24) is 0 Å². The molecule has 0 radical (unpaired) electrons. The fourth-order valence-electron chi connectivity index (χ4n) is 1.50. The van der Waals surface area contributed by atoms with Crippen molar-refractivity contribution in [2.45, 2.75) is 67.9 Å². The Hall–Kier alpha value is 0.820. The minimum Gasteiger partial charge on any atom is -0.194 e. The van der Waals surface area contributed by atoms with Crippen LogP contribution in [0.5, 0.6) is 0 Å². The van der Waals surface area contributed by atoms with Crippen molar-refractivity contribution >= 4 is 31.9 Å². The SMILES string of the molecule is CCCCCCCCC(Br)CC(F)(F)Br. The summed E-state index contributed by atoms with van der Waals surface area (Å²) < 4.78 is 25.1. The van der Waals surface area contributed by atoms with Gasteiger partial charge in [-0.3, -0.25) is 0 Å². The number of unbranched alkanes of at least 4 members (excludes halogenated alkanes) is 5. The van der Waals surface area contributed by atoms with E-state index in [-0.39, 0.29) is 11.2 Å². The summed E-state index contributed by atoms with van der Waals surface area (Å²) in [5, 5.41) is 0. The average molecular weight is 350 g/mol. The molecule has 15 heavy (non-hydrogen) atoms. The lowest BCUT2D eigenvalue weighted by molar-refractivity contribution is 0.103. The largest absolute Gasteiger partial charge is 0.302 e. The van der Waals surface area contributed by atoms with Gasteiger partial charge < -0.3 is 0 Å². The molecule has 0 amide bonds. The molecule has 4 heteroatoms. The lowest BCUT2D eigenvalue weighted by atomic mass is 10.1. The van der Waals surface area contributed by atoms with Gasteiger partial charge in [0.25, 0.3) is 0 Å². The molecule has 1 atom stereocenters. The smallest absolute Gasteiger partial charge is 0.194 e. The lowest BCUT2D eigenvalue weighted by Gasteiger charge is -2.13. The van der Waals surface area contributed by atoms with Gasteiger partial charge in [0.05, 0.1) is 0 Å². The highest BCUT2D eigenvalue weighted by atomic mass is 79.9. The van der Waals surface area contributed by atoms with E-state index in [0.717, 1.165) is 19.3 Å². The van der Waals surface area contributed by atoms with Crippen LogP contribution in [0.2, 0.25) is 0 Å². The summed E-state index contributed by atoms with van der Waals surface area (Å²) in [5.74, 6) is 0. The minimum atomic E-state index is -2.72. The summed E-state index contributed by atoms with van der Waals surface area (Å²) in [7, 11) is 0. The van der Waals surface area contributed by atoms with Crippen molar-refractivity contribution in [3.63, 3.8) is 0 Å². The van der Waals surface area contributed by atoms with Crippen LogP contribution in [0.4, 0.5) is 8.78 Å². The summed E-state index contributed by atoms with van der Waals surface area (Å²) >= 11 is 5.65. The second kappa shape index (κ2) is 8.91. The summed E-state index contributed by atoms with van der Waals surface area (Å²) in [5.41, 5.74) is 0. The average Bonchev–Trinajstić information content (AvgIpc) is 2.08. The third-order valence-corrected chi connectivity index (χ3v) is 3.43. The molecule has 0 bridgehead atoms. The summed E-state index contributed by atoms with van der Waals surface area (Å²) in [6.45, 7) is 2.19. The Morgan fingerprint density at radius 3 is 2.13 bits per heavy atom. The molecule has 0 aliphatic rings. The van der Waals surface area contributed by atoms with Crippen molar-refractivity contribution in [1.29, 1.82) is 0 Å². The van der Waals surface area contributed by atoms with E-state index in [0.29, 0.717) is 0 Å². The topological polar surface area (TPSA) is 0 Å². The predicted molar refractivity (Wildman–Crippen MR) is 69.2 cm³/mol. The Kier molecular flexibility index (Phi) is 9.40. The first-order valence-corrected chi connectivity index (χ1v) is 7.37. The molecule has 0 spiro atoms. The molecule has 0 aromatic heterocycles. The van der Waals surface area contributed by atoms with Crippen LogP contribution in [0.3, 0.4) is 0 Å². The van der Waals surface area contributed by atoms with E-state index < -0.39 is 4.83 Å². The highest BCUT2D eigenvalue weighted by Gasteiger charge is 2.27. The third-order valence-electron chi connectivity index (χ3n) is 2.32. The maximum Gasteiger partial charge on any atom is 0.302 e. The van der Waals surface area contributed by atoms with Crippen molar-refractivity contribution in [2.24, 2.45) is 0 Å². The second-order valence-corrected chi connectivity index (χ2v) is 6.43. The predicted octanol–water partition coefficient (Wildman–Crippen LogP) is 5.88. The molecular weight excluding hydrogens is 330 g/mol. The van der Waals surface area contributed by atoms with Crippen LogP contribution >= 0.6 is 31.9 Å². The van der Waals surface area contributed by atoms with Crippen LogP contribution < -0.4 is 0 Å². The van der Waals surface area contributed by atoms with Crippen molar-refractivity contribution in [2.75, 3.05) is 0 Å². The fourth-order valence-corrected chi connectivity index (χ4v) is 3.05. The van der Waals surface area contributed by atoms with E-state index in [1.807, 2.05) is 0 Å². The van der Waals surface area contributed by atoms with Gasteiger partial charge in [0, 0.05) is 11.2 Å². The maximum absolute atomic E-state index is 12.5. The highest BCUT2D eigenvalue weighted by molar-refractivity contribution is 9.10. The van der Waals surface area contributed by atoms with Crippen LogP contribution in [0.25, 0.3) is 0 Å². The molecule has 92 valence electrons. The van der Waals surface area contributed by atoms with Gasteiger partial charge in [0.1, 0.15) is 0 Å². The van der Waals surface area contributed by atoms with Gasteiger partial charge in [0.15, 0.2) is 0 Å². The summed E-state index contributed by atoms with van der Waals surface area (Å²) in [6, 6.07) is 0. The number of rotatable bonds is 9. The Morgan fingerprint density at radius 2 is 1.60 bits per heavy atom. The van der Waals surface area contributed by atoms with E-state index >= 15 is 0 Å². The number of alkyl halides is 4. The molecule has 0 saturated heterocycles. The van der Waals surface area contributed by atoms with E-state index in [9.17, 15) is 8.78 Å². The van der Waals surface area contributed by atoms with Crippen LogP contribution in [0, 0.1) is 0 Å². The Balaban J connectivity index is 3.28. The first-order chi connectivity index (χ1) is 6.95. The highest BCUT2D eigenvalue weighted by Crippen LogP contribution is 2.31. The van der Waals surface area contributed by atoms with Gasteiger partial charge in [-0.05, 0) is 22.4 Å². The minimum absolute atomic E-state index is 0.0712. The molecule has 0 fully saturated rings. The molecule has 0 nitrogen and oxygen atoms in total. The molecule has 1 unspecified atom stereocenters. The normalized spacial score (nSPS) is 14.2. The standard InChI is InChI=1S/C11H20Br2F2/c1-2-3-4-5-6-7-8-10(12)9-11(13,14)15/h10H,2-9H2,1H3. The third kappa shape index (κ3) is 12.8. The van der Waals surface area contributed by atoms with Crippen LogP contribution in [-0.4, -0.2) is 9.66 Å². The zero-order valence-corrected chi connectivity index (χ0v) is 12.4. The quantitative estimate of drug-likeness (QED) is 0.360. The van der Waals surface area contributed by atoms with Gasteiger partial charge >= 0.3 is 4.83 Å². The van der Waals surface area contributed by atoms with Crippen LogP contribution in [0.15, 0.2) is 0 Å².